The summed E-state index contributed by atoms with van der Waals surface area (Å²) in [4.78, 5) is 4.86. The third kappa shape index (κ3) is 3.12. The van der Waals surface area contributed by atoms with E-state index in [0.29, 0.717) is 0 Å². The van der Waals surface area contributed by atoms with Gasteiger partial charge in [0.25, 0.3) is 0 Å². The maximum absolute atomic E-state index is 5.68. The average Bonchev–Trinajstić information content (AvgIpc) is 2.43. The Bertz CT molecular complexity index is 150. The molecule has 1 rings (SSSR count). The minimum Gasteiger partial charge on any atom is -0.305 e. The van der Waals surface area contributed by atoms with Crippen LogP contribution < -0.4 is 0 Å². The van der Waals surface area contributed by atoms with Crippen LogP contribution in [-0.2, 0) is 0 Å². The quantitative estimate of drug-likeness (QED) is 0.641. The Morgan fingerprint density at radius 3 is 2.54 bits per heavy atom. The Balaban J connectivity index is 2.32. The van der Waals surface area contributed by atoms with Gasteiger partial charge >= 0.3 is 0 Å². The topological polar surface area (TPSA) is 6.48 Å². The molecule has 78 valence electrons. The Labute approximate surface area is 86.8 Å². The second-order valence-corrected chi connectivity index (χ2v) is 4.69. The Kier molecular flexibility index (Phi) is 4.50. The molecule has 1 heterocycles. The molecule has 0 aromatic heterocycles. The fraction of sp³-hybridized carbons (Fsp3) is 1.00. The maximum atomic E-state index is 5.68. The van der Waals surface area contributed by atoms with Crippen LogP contribution >= 0.6 is 11.6 Å². The van der Waals surface area contributed by atoms with Gasteiger partial charge in [-0.05, 0) is 33.0 Å². The van der Waals surface area contributed by atoms with Crippen LogP contribution in [0.15, 0.2) is 0 Å². The van der Waals surface area contributed by atoms with Gasteiger partial charge in [-0.3, -0.25) is 0 Å². The highest BCUT2D eigenvalue weighted by molar-refractivity contribution is 6.17. The van der Waals surface area contributed by atoms with E-state index in [0.717, 1.165) is 30.8 Å². The predicted molar refractivity (Wildman–Crippen MR) is 58.4 cm³/mol. The van der Waals surface area contributed by atoms with Crippen molar-refractivity contribution in [2.75, 3.05) is 39.6 Å². The van der Waals surface area contributed by atoms with E-state index in [1.54, 1.807) is 0 Å². The van der Waals surface area contributed by atoms with Gasteiger partial charge in [-0.25, -0.2) is 0 Å². The number of likely N-dealkylation sites (N-methyl/N-ethyl adjacent to an activating group) is 1. The van der Waals surface area contributed by atoms with Crippen LogP contribution in [0.3, 0.4) is 0 Å². The lowest BCUT2D eigenvalue weighted by Gasteiger charge is -2.22. The Hall–Kier alpha value is 0.210. The van der Waals surface area contributed by atoms with Crippen molar-refractivity contribution in [2.24, 2.45) is 5.92 Å². The summed E-state index contributed by atoms with van der Waals surface area (Å²) in [6, 6.07) is 0.732. The SMILES string of the molecule is CC1CN(CCCCl)CC1N(C)C. The molecule has 13 heavy (non-hydrogen) atoms. The Morgan fingerprint density at radius 1 is 1.38 bits per heavy atom. The fourth-order valence-electron chi connectivity index (χ4n) is 2.19. The van der Waals surface area contributed by atoms with Gasteiger partial charge in [0, 0.05) is 25.0 Å². The summed E-state index contributed by atoms with van der Waals surface area (Å²) in [7, 11) is 4.35. The third-order valence-corrected chi connectivity index (χ3v) is 3.19. The second kappa shape index (κ2) is 5.18. The highest BCUT2D eigenvalue weighted by Gasteiger charge is 2.30. The molecule has 0 aromatic carbocycles. The van der Waals surface area contributed by atoms with Gasteiger partial charge in [-0.2, -0.15) is 0 Å². The van der Waals surface area contributed by atoms with Gasteiger partial charge in [0.1, 0.15) is 0 Å². The molecule has 0 amide bonds. The monoisotopic (exact) mass is 204 g/mol. The van der Waals surface area contributed by atoms with Crippen molar-refractivity contribution in [1.82, 2.24) is 9.80 Å². The van der Waals surface area contributed by atoms with Gasteiger partial charge in [0.2, 0.25) is 0 Å². The van der Waals surface area contributed by atoms with Crippen LogP contribution in [0.4, 0.5) is 0 Å². The van der Waals surface area contributed by atoms with E-state index in [1.807, 2.05) is 0 Å². The first-order valence-corrected chi connectivity index (χ1v) is 5.63. The molecule has 2 atom stereocenters. The zero-order valence-corrected chi connectivity index (χ0v) is 9.72. The highest BCUT2D eigenvalue weighted by atomic mass is 35.5. The van der Waals surface area contributed by atoms with Gasteiger partial charge in [-0.15, -0.1) is 11.6 Å². The van der Waals surface area contributed by atoms with E-state index < -0.39 is 0 Å². The molecule has 1 saturated heterocycles. The van der Waals surface area contributed by atoms with Crippen LogP contribution in [0.2, 0.25) is 0 Å². The van der Waals surface area contributed by atoms with Crippen molar-refractivity contribution >= 4 is 11.6 Å². The van der Waals surface area contributed by atoms with Gasteiger partial charge < -0.3 is 9.80 Å². The van der Waals surface area contributed by atoms with E-state index >= 15 is 0 Å². The van der Waals surface area contributed by atoms with Crippen LogP contribution in [0.25, 0.3) is 0 Å². The number of hydrogen-bond donors (Lipinski definition) is 0. The number of nitrogens with zero attached hydrogens (tertiary/aromatic N) is 2. The number of likely N-dealkylation sites (tertiary alicyclic amines) is 1. The first-order chi connectivity index (χ1) is 6.15. The zero-order valence-electron chi connectivity index (χ0n) is 8.96. The van der Waals surface area contributed by atoms with E-state index in [9.17, 15) is 0 Å². The lowest BCUT2D eigenvalue weighted by atomic mass is 10.1. The molecule has 0 N–H and O–H groups in total. The van der Waals surface area contributed by atoms with Crippen molar-refractivity contribution in [3.63, 3.8) is 0 Å². The van der Waals surface area contributed by atoms with Gasteiger partial charge in [0.15, 0.2) is 0 Å². The summed E-state index contributed by atoms with van der Waals surface area (Å²) < 4.78 is 0. The molecule has 0 saturated carbocycles. The molecule has 0 radical (unpaired) electrons. The first kappa shape index (κ1) is 11.3. The first-order valence-electron chi connectivity index (χ1n) is 5.10. The summed E-state index contributed by atoms with van der Waals surface area (Å²) in [5, 5.41) is 0. The molecule has 0 aliphatic carbocycles. The van der Waals surface area contributed by atoms with Gasteiger partial charge in [-0.1, -0.05) is 6.92 Å². The van der Waals surface area contributed by atoms with Crippen molar-refractivity contribution in [3.8, 4) is 0 Å². The van der Waals surface area contributed by atoms with E-state index in [4.69, 9.17) is 11.6 Å². The standard InChI is InChI=1S/C10H21ClN2/c1-9-7-13(6-4-5-11)8-10(9)12(2)3/h9-10H,4-8H2,1-3H3. The van der Waals surface area contributed by atoms with Crippen LogP contribution in [-0.4, -0.2) is 55.5 Å². The summed E-state index contributed by atoms with van der Waals surface area (Å²) in [5.41, 5.74) is 0. The molecular formula is C10H21ClN2. The van der Waals surface area contributed by atoms with Crippen LogP contribution in [0.5, 0.6) is 0 Å². The lowest BCUT2D eigenvalue weighted by molar-refractivity contribution is 0.252. The van der Waals surface area contributed by atoms with Crippen molar-refractivity contribution in [2.45, 2.75) is 19.4 Å². The fourth-order valence-corrected chi connectivity index (χ4v) is 2.31. The van der Waals surface area contributed by atoms with Crippen molar-refractivity contribution in [1.29, 1.82) is 0 Å². The second-order valence-electron chi connectivity index (χ2n) is 4.31. The number of hydrogen-bond acceptors (Lipinski definition) is 2. The lowest BCUT2D eigenvalue weighted by Crippen LogP contribution is -2.34. The van der Waals surface area contributed by atoms with Crippen LogP contribution in [0.1, 0.15) is 13.3 Å². The molecule has 0 aromatic rings. The summed E-state index contributed by atoms with van der Waals surface area (Å²) in [5.74, 6) is 1.59. The van der Waals surface area contributed by atoms with Crippen LogP contribution in [0, 0.1) is 5.92 Å². The van der Waals surface area contributed by atoms with Crippen molar-refractivity contribution < 1.29 is 0 Å². The minimum absolute atomic E-state index is 0.732. The zero-order chi connectivity index (χ0) is 9.84. The van der Waals surface area contributed by atoms with E-state index in [2.05, 4.69) is 30.8 Å². The number of alkyl halides is 1. The highest BCUT2D eigenvalue weighted by Crippen LogP contribution is 2.19. The van der Waals surface area contributed by atoms with Gasteiger partial charge in [0.05, 0.1) is 0 Å². The number of halogens is 1. The molecule has 3 heteroatoms. The molecule has 1 aliphatic rings. The summed E-state index contributed by atoms with van der Waals surface area (Å²) >= 11 is 5.68. The molecule has 1 fully saturated rings. The smallest absolute Gasteiger partial charge is 0.0254 e. The third-order valence-electron chi connectivity index (χ3n) is 2.92. The average molecular weight is 205 g/mol. The largest absolute Gasteiger partial charge is 0.305 e. The number of rotatable bonds is 4. The molecule has 2 nitrogen and oxygen atoms in total. The van der Waals surface area contributed by atoms with E-state index in [-0.39, 0.29) is 0 Å². The molecule has 0 spiro atoms. The van der Waals surface area contributed by atoms with Crippen molar-refractivity contribution in [3.05, 3.63) is 0 Å². The molecular weight excluding hydrogens is 184 g/mol. The summed E-state index contributed by atoms with van der Waals surface area (Å²) in [6.07, 6.45) is 1.12. The maximum Gasteiger partial charge on any atom is 0.0254 e. The molecule has 1 aliphatic heterocycles. The van der Waals surface area contributed by atoms with E-state index in [1.165, 1.54) is 13.1 Å². The Morgan fingerprint density at radius 2 is 2.08 bits per heavy atom. The molecule has 2 unspecified atom stereocenters. The minimum atomic E-state index is 0.732. The summed E-state index contributed by atoms with van der Waals surface area (Å²) in [6.45, 7) is 5.95. The molecule has 0 bridgehead atoms. The predicted octanol–water partition coefficient (Wildman–Crippen LogP) is 1.50. The normalized spacial score (nSPS) is 30.2.